The Morgan fingerprint density at radius 2 is 1.04 bits per heavy atom. The number of hydrogen-bond acceptors (Lipinski definition) is 6. The third kappa shape index (κ3) is 34.7. The van der Waals surface area contributed by atoms with Crippen molar-refractivity contribution in [1.82, 2.24) is 16.0 Å². The summed E-state index contributed by atoms with van der Waals surface area (Å²) in [6, 6.07) is -1.46. The van der Waals surface area contributed by atoms with Crippen molar-refractivity contribution < 1.29 is 37.4 Å². The average molecular weight is 720 g/mol. The summed E-state index contributed by atoms with van der Waals surface area (Å²) in [5.74, 6) is -0.578. The minimum Gasteiger partial charge on any atom is -0.349 e. The van der Waals surface area contributed by atoms with Crippen LogP contribution in [0.4, 0.5) is 4.79 Å². The van der Waals surface area contributed by atoms with Gasteiger partial charge in [-0.05, 0) is 12.8 Å². The number of nitrogens with one attached hydrogen (secondary N) is 3. The molecule has 0 spiro atoms. The molecule has 11 nitrogen and oxygen atoms in total. The summed E-state index contributed by atoms with van der Waals surface area (Å²) in [5, 5.41) is 7.74. The zero-order chi connectivity index (χ0) is 36.6. The van der Waals surface area contributed by atoms with E-state index in [-0.39, 0.29) is 38.0 Å². The van der Waals surface area contributed by atoms with Crippen molar-refractivity contribution in [3.8, 4) is 0 Å². The molecule has 0 aromatic rings. The first-order chi connectivity index (χ1) is 23.4. The van der Waals surface area contributed by atoms with E-state index in [2.05, 4.69) is 29.8 Å². The Balaban J connectivity index is 4.52. The Morgan fingerprint density at radius 3 is 1.47 bits per heavy atom. The molecule has 0 bridgehead atoms. The number of imide groups is 1. The summed E-state index contributed by atoms with van der Waals surface area (Å²) in [7, 11) is 1.44. The highest BCUT2D eigenvalue weighted by molar-refractivity contribution is 7.47. The molecule has 12 heteroatoms. The van der Waals surface area contributed by atoms with E-state index in [1.807, 2.05) is 21.1 Å². The van der Waals surface area contributed by atoms with Crippen LogP contribution in [0.1, 0.15) is 168 Å². The van der Waals surface area contributed by atoms with E-state index in [4.69, 9.17) is 9.05 Å². The fourth-order valence-electron chi connectivity index (χ4n) is 5.45. The summed E-state index contributed by atoms with van der Waals surface area (Å²) < 4.78 is 23.3. The predicted octanol–water partition coefficient (Wildman–Crippen LogP) is 8.54. The van der Waals surface area contributed by atoms with Gasteiger partial charge < -0.3 is 20.0 Å². The van der Waals surface area contributed by atoms with Crippen LogP contribution >= 0.6 is 7.82 Å². The number of phosphoric ester groups is 1. The second-order valence-corrected chi connectivity index (χ2v) is 16.2. The van der Waals surface area contributed by atoms with Gasteiger partial charge in [0.05, 0.1) is 33.8 Å². The maximum absolute atomic E-state index is 12.7. The summed E-state index contributed by atoms with van der Waals surface area (Å²) in [4.78, 5) is 47.6. The molecule has 0 saturated heterocycles. The molecule has 0 rings (SSSR count). The molecule has 0 heterocycles. The number of nitrogens with zero attached hydrogens (tertiary/aromatic N) is 1. The summed E-state index contributed by atoms with van der Waals surface area (Å²) in [5.41, 5.74) is 0. The second-order valence-electron chi connectivity index (χ2n) is 14.7. The third-order valence-electron chi connectivity index (χ3n) is 8.60. The Labute approximate surface area is 300 Å². The van der Waals surface area contributed by atoms with Gasteiger partial charge in [0.25, 0.3) is 0 Å². The van der Waals surface area contributed by atoms with Crippen LogP contribution in [0.3, 0.4) is 0 Å². The molecule has 0 fully saturated rings. The number of phosphoric acid groups is 1. The van der Waals surface area contributed by atoms with Crippen molar-refractivity contribution in [1.29, 1.82) is 0 Å². The van der Waals surface area contributed by atoms with E-state index in [1.54, 1.807) is 0 Å². The largest absolute Gasteiger partial charge is 0.472 e. The van der Waals surface area contributed by atoms with Gasteiger partial charge in [-0.15, -0.1) is 0 Å². The molecule has 0 aromatic heterocycles. The van der Waals surface area contributed by atoms with Crippen molar-refractivity contribution in [3.63, 3.8) is 0 Å². The van der Waals surface area contributed by atoms with Gasteiger partial charge >= 0.3 is 13.9 Å². The summed E-state index contributed by atoms with van der Waals surface area (Å²) in [6.07, 6.45) is 26.6. The van der Waals surface area contributed by atoms with Crippen molar-refractivity contribution in [2.75, 3.05) is 47.4 Å². The normalized spacial score (nSPS) is 13.5. The van der Waals surface area contributed by atoms with Crippen LogP contribution in [0.5, 0.6) is 0 Å². The Bertz CT molecular complexity index is 885. The Kier molecular flexibility index (Phi) is 30.3. The van der Waals surface area contributed by atoms with E-state index in [0.29, 0.717) is 17.4 Å². The summed E-state index contributed by atoms with van der Waals surface area (Å²) in [6.45, 7) is 4.56. The SMILES string of the molecule is CCCCCCCCCCCCCC(=O)NC(=O)NCC(COP(=O)(O)OCC[N+](C)(C)C)NC(=O)CCCCCCCCCCCCC. The van der Waals surface area contributed by atoms with Crippen molar-refractivity contribution in [3.05, 3.63) is 0 Å². The number of rotatable bonds is 34. The first kappa shape index (κ1) is 47.5. The highest BCUT2D eigenvalue weighted by Gasteiger charge is 2.25. The molecule has 0 aliphatic heterocycles. The van der Waals surface area contributed by atoms with Crippen molar-refractivity contribution in [2.24, 2.45) is 0 Å². The number of likely N-dealkylation sites (N-methyl/N-ethyl adjacent to an activating group) is 1. The van der Waals surface area contributed by atoms with Crippen LogP contribution in [-0.4, -0.2) is 80.7 Å². The number of amides is 4. The molecule has 290 valence electrons. The molecule has 0 radical (unpaired) electrons. The quantitative estimate of drug-likeness (QED) is 0.0297. The van der Waals surface area contributed by atoms with Crippen LogP contribution in [0, 0.1) is 0 Å². The van der Waals surface area contributed by atoms with E-state index in [9.17, 15) is 23.8 Å². The molecule has 2 atom stereocenters. The monoisotopic (exact) mass is 720 g/mol. The van der Waals surface area contributed by atoms with Gasteiger partial charge in [0, 0.05) is 19.4 Å². The molecule has 4 amide bonds. The van der Waals surface area contributed by atoms with Crippen LogP contribution < -0.4 is 16.0 Å². The smallest absolute Gasteiger partial charge is 0.349 e. The molecular weight excluding hydrogens is 643 g/mol. The fraction of sp³-hybridized carbons (Fsp3) is 0.919. The van der Waals surface area contributed by atoms with Gasteiger partial charge in [0.15, 0.2) is 0 Å². The van der Waals surface area contributed by atoms with E-state index in [0.717, 1.165) is 38.5 Å². The van der Waals surface area contributed by atoms with Crippen molar-refractivity contribution >= 4 is 25.7 Å². The average Bonchev–Trinajstić information content (AvgIpc) is 3.03. The lowest BCUT2D eigenvalue weighted by molar-refractivity contribution is -0.870. The van der Waals surface area contributed by atoms with Gasteiger partial charge in [-0.25, -0.2) is 9.36 Å². The highest BCUT2D eigenvalue weighted by Crippen LogP contribution is 2.43. The zero-order valence-corrected chi connectivity index (χ0v) is 33.1. The second kappa shape index (κ2) is 31.2. The van der Waals surface area contributed by atoms with Crippen LogP contribution in [0.15, 0.2) is 0 Å². The third-order valence-corrected chi connectivity index (χ3v) is 9.58. The lowest BCUT2D eigenvalue weighted by Crippen LogP contribution is -2.49. The molecule has 49 heavy (non-hydrogen) atoms. The number of unbranched alkanes of at least 4 members (excludes halogenated alkanes) is 20. The highest BCUT2D eigenvalue weighted by atomic mass is 31.2. The maximum atomic E-state index is 12.7. The van der Waals surface area contributed by atoms with Crippen LogP contribution in [0.25, 0.3) is 0 Å². The van der Waals surface area contributed by atoms with Crippen LogP contribution in [-0.2, 0) is 23.2 Å². The fourth-order valence-corrected chi connectivity index (χ4v) is 6.21. The minimum atomic E-state index is -4.37. The number of urea groups is 1. The Morgan fingerprint density at radius 1 is 0.633 bits per heavy atom. The predicted molar refractivity (Wildman–Crippen MR) is 200 cm³/mol. The molecule has 0 aliphatic carbocycles. The first-order valence-corrected chi connectivity index (χ1v) is 21.2. The molecule has 0 saturated carbocycles. The van der Waals surface area contributed by atoms with Crippen LogP contribution in [0.2, 0.25) is 0 Å². The molecule has 0 aliphatic rings. The van der Waals surface area contributed by atoms with Crippen molar-refractivity contribution in [2.45, 2.75) is 174 Å². The van der Waals surface area contributed by atoms with Gasteiger partial charge in [-0.3, -0.25) is 24.0 Å². The lowest BCUT2D eigenvalue weighted by Gasteiger charge is -2.24. The van der Waals surface area contributed by atoms with Gasteiger partial charge in [-0.1, -0.05) is 142 Å². The minimum absolute atomic E-state index is 0.0229. The first-order valence-electron chi connectivity index (χ1n) is 19.7. The van der Waals surface area contributed by atoms with Gasteiger partial charge in [0.2, 0.25) is 11.8 Å². The lowest BCUT2D eigenvalue weighted by atomic mass is 10.1. The molecule has 0 aromatic carbocycles. The van der Waals surface area contributed by atoms with E-state index >= 15 is 0 Å². The maximum Gasteiger partial charge on any atom is 0.472 e. The van der Waals surface area contributed by atoms with Gasteiger partial charge in [-0.2, -0.15) is 0 Å². The molecular formula is C37H76N4O7P+. The topological polar surface area (TPSA) is 143 Å². The zero-order valence-electron chi connectivity index (χ0n) is 32.2. The molecule has 2 unspecified atom stereocenters. The van der Waals surface area contributed by atoms with Gasteiger partial charge in [0.1, 0.15) is 13.2 Å². The number of carbonyl (C=O) groups is 3. The molecule has 4 N–H and O–H groups in total. The number of quaternary nitrogens is 1. The Hall–Kier alpha value is -1.52. The van der Waals surface area contributed by atoms with E-state index < -0.39 is 19.9 Å². The standard InChI is InChI=1S/C37H75N4O7P/c1-6-8-10-12-14-16-18-20-22-24-26-28-35(42)39-34(33-48-49(45,46)47-31-30-41(3,4)5)32-38-37(44)40-36(43)29-27-25-23-21-19-17-15-13-11-9-7-2/h34H,6-33H2,1-5H3,(H3-,38,39,40,42,43,44,45,46)/p+1. The number of carbonyl (C=O) groups excluding carboxylic acids is 3. The number of hydrogen-bond donors (Lipinski definition) is 4. The van der Waals surface area contributed by atoms with E-state index in [1.165, 1.54) is 103 Å². The summed E-state index contributed by atoms with van der Waals surface area (Å²) >= 11 is 0.